The van der Waals surface area contributed by atoms with Gasteiger partial charge in [0.1, 0.15) is 70.6 Å². The lowest BCUT2D eigenvalue weighted by atomic mass is 9.98. The van der Waals surface area contributed by atoms with Gasteiger partial charge in [0.05, 0.1) is 12.7 Å². The lowest BCUT2D eigenvalue weighted by molar-refractivity contribution is -0.319. The number of aliphatic hydroxyl groups is 5. The largest absolute Gasteiger partial charge is 0.508 e. The number of carbonyl (C=O) groups excluding carboxylic acids is 1. The zero-order chi connectivity index (χ0) is 38.1. The molecule has 3 heterocycles. The van der Waals surface area contributed by atoms with Crippen LogP contribution in [0.3, 0.4) is 0 Å². The van der Waals surface area contributed by atoms with Crippen LogP contribution < -0.4 is 10.2 Å². The molecule has 0 bridgehead atoms. The Bertz CT molecular complexity index is 2010. The van der Waals surface area contributed by atoms with Crippen LogP contribution >= 0.6 is 0 Å². The van der Waals surface area contributed by atoms with Crippen LogP contribution in [0.25, 0.3) is 28.4 Å². The van der Waals surface area contributed by atoms with E-state index in [0.29, 0.717) is 5.56 Å². The zero-order valence-corrected chi connectivity index (χ0v) is 27.7. The van der Waals surface area contributed by atoms with Crippen molar-refractivity contribution in [2.75, 3.05) is 6.61 Å². The minimum atomic E-state index is -1.98. The maximum Gasteiger partial charge on any atom is 0.331 e. The van der Waals surface area contributed by atoms with E-state index in [1.807, 2.05) is 0 Å². The predicted molar refractivity (Wildman–Crippen MR) is 180 cm³/mol. The van der Waals surface area contributed by atoms with Gasteiger partial charge in [0, 0.05) is 23.8 Å². The van der Waals surface area contributed by atoms with Gasteiger partial charge < -0.3 is 74.1 Å². The smallest absolute Gasteiger partial charge is 0.331 e. The molecular formula is C36H36O17. The average molecular weight is 741 g/mol. The number of hydrogen-bond donors (Lipinski definition) is 9. The number of benzene rings is 3. The minimum Gasteiger partial charge on any atom is -0.508 e. The molecule has 0 amide bonds. The molecular weight excluding hydrogens is 704 g/mol. The number of aliphatic hydroxyl groups excluding tert-OH is 5. The highest BCUT2D eigenvalue weighted by Gasteiger charge is 2.50. The predicted octanol–water partition coefficient (Wildman–Crippen LogP) is 0.577. The number of fused-ring (bicyclic) bond motifs is 1. The lowest BCUT2D eigenvalue weighted by Gasteiger charge is -2.43. The third-order valence-electron chi connectivity index (χ3n) is 8.72. The summed E-state index contributed by atoms with van der Waals surface area (Å²) >= 11 is 0. The Labute approximate surface area is 299 Å². The molecule has 2 aliphatic rings. The summed E-state index contributed by atoms with van der Waals surface area (Å²) < 4.78 is 34.4. The maximum atomic E-state index is 14.0. The van der Waals surface area contributed by atoms with E-state index in [1.165, 1.54) is 61.5 Å². The van der Waals surface area contributed by atoms with Crippen molar-refractivity contribution in [3.05, 3.63) is 82.5 Å². The molecule has 282 valence electrons. The molecule has 2 fully saturated rings. The molecule has 3 aromatic carbocycles. The summed E-state index contributed by atoms with van der Waals surface area (Å²) in [5.41, 5.74) is -0.618. The lowest BCUT2D eigenvalue weighted by Crippen LogP contribution is -2.62. The van der Waals surface area contributed by atoms with Gasteiger partial charge in [0.25, 0.3) is 0 Å². The molecule has 17 nitrogen and oxygen atoms in total. The molecule has 9 N–H and O–H groups in total. The zero-order valence-electron chi connectivity index (χ0n) is 27.7. The summed E-state index contributed by atoms with van der Waals surface area (Å²) in [7, 11) is 0. The average Bonchev–Trinajstić information content (AvgIpc) is 3.12. The van der Waals surface area contributed by atoms with Crippen molar-refractivity contribution in [3.8, 4) is 40.1 Å². The summed E-state index contributed by atoms with van der Waals surface area (Å²) in [6.07, 6.45) is -14.1. The van der Waals surface area contributed by atoms with Crippen LogP contribution in [0, 0.1) is 0 Å². The summed E-state index contributed by atoms with van der Waals surface area (Å²) in [4.78, 5) is 27.0. The first-order valence-electron chi connectivity index (χ1n) is 16.2. The van der Waals surface area contributed by atoms with Crippen molar-refractivity contribution in [2.24, 2.45) is 0 Å². The SMILES string of the molecule is C[C@@H]1O[C@@H](OC[C@@H]2O[C@@H](Oc3c(-c4ccc(O)cc4)oc4cc(O)cc(O)c4c3=O)[C@@H](OC(=O)/C=C/c3ccc(O)cc3)[C@@H](O)[C@@H]2O)[C@@H](O)[C@@H](O)[C@H]1O. The molecule has 4 aromatic rings. The Balaban J connectivity index is 1.36. The Morgan fingerprint density at radius 3 is 2.11 bits per heavy atom. The number of hydrogen-bond acceptors (Lipinski definition) is 17. The topological polar surface area (TPSA) is 275 Å². The monoisotopic (exact) mass is 740 g/mol. The molecule has 10 atom stereocenters. The van der Waals surface area contributed by atoms with Crippen LogP contribution in [-0.4, -0.2) is 120 Å². The number of phenols is 4. The van der Waals surface area contributed by atoms with E-state index in [1.54, 1.807) is 0 Å². The Morgan fingerprint density at radius 1 is 0.774 bits per heavy atom. The van der Waals surface area contributed by atoms with Crippen LogP contribution in [0.5, 0.6) is 28.7 Å². The van der Waals surface area contributed by atoms with Crippen LogP contribution in [0.1, 0.15) is 12.5 Å². The highest BCUT2D eigenvalue weighted by Crippen LogP contribution is 2.38. The number of rotatable bonds is 9. The first kappa shape index (κ1) is 37.5. The molecule has 2 aliphatic heterocycles. The third kappa shape index (κ3) is 7.92. The van der Waals surface area contributed by atoms with Gasteiger partial charge in [-0.05, 0) is 55.0 Å². The van der Waals surface area contributed by atoms with Crippen molar-refractivity contribution in [1.29, 1.82) is 0 Å². The van der Waals surface area contributed by atoms with E-state index >= 15 is 0 Å². The van der Waals surface area contributed by atoms with E-state index in [0.717, 1.165) is 18.2 Å². The normalized spacial score (nSPS) is 28.9. The van der Waals surface area contributed by atoms with Gasteiger partial charge in [0.2, 0.25) is 17.5 Å². The molecule has 0 unspecified atom stereocenters. The summed E-state index contributed by atoms with van der Waals surface area (Å²) in [5, 5.41) is 92.7. The Morgan fingerprint density at radius 2 is 1.43 bits per heavy atom. The summed E-state index contributed by atoms with van der Waals surface area (Å²) in [6.45, 7) is 0.776. The fourth-order valence-corrected chi connectivity index (χ4v) is 5.82. The molecule has 0 radical (unpaired) electrons. The number of esters is 1. The van der Waals surface area contributed by atoms with Crippen molar-refractivity contribution in [1.82, 2.24) is 0 Å². The van der Waals surface area contributed by atoms with E-state index in [4.69, 9.17) is 28.1 Å². The quantitative estimate of drug-likeness (QED) is 0.0838. The van der Waals surface area contributed by atoms with Gasteiger partial charge in [0.15, 0.2) is 18.2 Å². The summed E-state index contributed by atoms with van der Waals surface area (Å²) in [6, 6.07) is 13.0. The second kappa shape index (κ2) is 15.4. The van der Waals surface area contributed by atoms with Gasteiger partial charge in [-0.1, -0.05) is 12.1 Å². The van der Waals surface area contributed by atoms with Gasteiger partial charge in [-0.3, -0.25) is 4.79 Å². The van der Waals surface area contributed by atoms with Crippen molar-refractivity contribution >= 4 is 23.0 Å². The number of ether oxygens (including phenoxy) is 5. The van der Waals surface area contributed by atoms with Gasteiger partial charge >= 0.3 is 5.97 Å². The van der Waals surface area contributed by atoms with Gasteiger partial charge in [-0.2, -0.15) is 0 Å². The highest BCUT2D eigenvalue weighted by atomic mass is 16.7. The molecule has 53 heavy (non-hydrogen) atoms. The van der Waals surface area contributed by atoms with E-state index in [-0.39, 0.29) is 28.4 Å². The molecule has 2 saturated heterocycles. The maximum absolute atomic E-state index is 14.0. The van der Waals surface area contributed by atoms with Crippen molar-refractivity contribution in [3.63, 3.8) is 0 Å². The molecule has 17 heteroatoms. The first-order valence-corrected chi connectivity index (χ1v) is 16.2. The Hall–Kier alpha value is -5.24. The summed E-state index contributed by atoms with van der Waals surface area (Å²) in [5.74, 6) is -3.27. The second-order valence-electron chi connectivity index (χ2n) is 12.5. The molecule has 0 aliphatic carbocycles. The fourth-order valence-electron chi connectivity index (χ4n) is 5.82. The Kier molecular flexibility index (Phi) is 10.9. The minimum absolute atomic E-state index is 0.0116. The number of aromatic hydroxyl groups is 4. The number of carbonyl (C=O) groups is 1. The molecule has 6 rings (SSSR count). The van der Waals surface area contributed by atoms with Crippen LogP contribution in [0.4, 0.5) is 0 Å². The molecule has 0 saturated carbocycles. The van der Waals surface area contributed by atoms with E-state index in [9.17, 15) is 55.5 Å². The fraction of sp³-hybridized carbons (Fsp3) is 0.333. The third-order valence-corrected chi connectivity index (χ3v) is 8.72. The van der Waals surface area contributed by atoms with Crippen molar-refractivity contribution in [2.45, 2.75) is 68.3 Å². The second-order valence-corrected chi connectivity index (χ2v) is 12.5. The van der Waals surface area contributed by atoms with Gasteiger partial charge in [-0.15, -0.1) is 0 Å². The molecule has 1 aromatic heterocycles. The highest BCUT2D eigenvalue weighted by molar-refractivity contribution is 5.88. The van der Waals surface area contributed by atoms with Crippen LogP contribution in [0.15, 0.2) is 76.0 Å². The van der Waals surface area contributed by atoms with E-state index < -0.39 is 102 Å². The standard InChI is InChI=1S/C36H36O17/c1-15-26(42)29(45)31(47)35(49-15)48-14-23-27(43)30(46)34(52-24(41)11-4-16-2-7-18(37)8-3-16)36(51-23)53-33-28(44)25-21(40)12-20(39)13-22(25)50-32(33)17-5-9-19(38)10-6-17/h2-13,15,23,26-27,29-31,34-40,42-43,45-47H,14H2,1H3/b11-4+/t15-,23-,26-,27+,29-,30-,31-,34-,35+,36-/m0/s1. The molecule has 0 spiro atoms. The van der Waals surface area contributed by atoms with E-state index in [2.05, 4.69) is 0 Å². The first-order chi connectivity index (χ1) is 25.2. The van der Waals surface area contributed by atoms with Crippen molar-refractivity contribution < 1.29 is 78.9 Å². The number of phenolic OH excluding ortho intramolecular Hbond substituents is 4. The van der Waals surface area contributed by atoms with Crippen LogP contribution in [-0.2, 0) is 23.7 Å². The van der Waals surface area contributed by atoms with Crippen LogP contribution in [0.2, 0.25) is 0 Å². The van der Waals surface area contributed by atoms with Gasteiger partial charge in [-0.25, -0.2) is 4.79 Å².